The van der Waals surface area contributed by atoms with Crippen LogP contribution in [0.3, 0.4) is 0 Å². The molecular weight excluding hydrogens is 637 g/mol. The summed E-state index contributed by atoms with van der Waals surface area (Å²) in [4.78, 5) is 15.6. The van der Waals surface area contributed by atoms with E-state index in [9.17, 15) is 0 Å². The molecule has 7 heteroatoms. The van der Waals surface area contributed by atoms with E-state index in [4.69, 9.17) is 15.0 Å². The number of aromatic nitrogens is 1. The zero-order valence-corrected chi connectivity index (χ0v) is 31.5. The molecule has 0 aliphatic heterocycles. The van der Waals surface area contributed by atoms with E-state index >= 15 is 0 Å². The third-order valence-electron chi connectivity index (χ3n) is 7.38. The van der Waals surface area contributed by atoms with Gasteiger partial charge in [-0.15, -0.1) is 0 Å². The number of benzene rings is 2. The topological polar surface area (TPSA) is 37.6 Å². The molecule has 1 radical (unpaired) electrons. The molecule has 0 N–H and O–H groups in total. The average molecular weight is 686 g/mol. The van der Waals surface area contributed by atoms with E-state index in [1.54, 1.807) is 0 Å². The van der Waals surface area contributed by atoms with Crippen molar-refractivity contribution in [3.05, 3.63) is 86.7 Å². The van der Waals surface area contributed by atoms with Crippen molar-refractivity contribution >= 4 is 22.8 Å². The minimum absolute atomic E-state index is 0. The summed E-state index contributed by atoms with van der Waals surface area (Å²) in [5, 5.41) is 0. The van der Waals surface area contributed by atoms with Gasteiger partial charge < -0.3 is 37.2 Å². The normalized spacial score (nSPS) is 11.7. The van der Waals surface area contributed by atoms with E-state index in [2.05, 4.69) is 126 Å². The molecular formula is C36H49Cl3FeN3. The van der Waals surface area contributed by atoms with Crippen molar-refractivity contribution in [1.82, 2.24) is 4.98 Å². The van der Waals surface area contributed by atoms with Crippen molar-refractivity contribution < 1.29 is 54.3 Å². The fraction of sp³-hybridized carbons (Fsp3) is 0.472. The van der Waals surface area contributed by atoms with Gasteiger partial charge >= 0.3 is 17.1 Å². The Balaban J connectivity index is 0. The summed E-state index contributed by atoms with van der Waals surface area (Å²) >= 11 is 0. The molecule has 0 spiro atoms. The van der Waals surface area contributed by atoms with E-state index < -0.39 is 0 Å². The third kappa shape index (κ3) is 10.7. The first-order valence-corrected chi connectivity index (χ1v) is 14.6. The number of aliphatic imine (C=N–C) groups is 2. The van der Waals surface area contributed by atoms with Crippen molar-refractivity contribution in [2.24, 2.45) is 9.98 Å². The molecule has 1 heterocycles. The van der Waals surface area contributed by atoms with Crippen LogP contribution < -0.4 is 37.2 Å². The molecule has 0 saturated carbocycles. The molecule has 0 fully saturated rings. The smallest absolute Gasteiger partial charge is 1.00 e. The number of rotatable bonds is 8. The van der Waals surface area contributed by atoms with Crippen LogP contribution >= 0.6 is 0 Å². The first-order valence-electron chi connectivity index (χ1n) is 14.6. The third-order valence-corrected chi connectivity index (χ3v) is 7.38. The summed E-state index contributed by atoms with van der Waals surface area (Å²) < 4.78 is 0. The molecule has 0 aliphatic carbocycles. The predicted molar refractivity (Wildman–Crippen MR) is 171 cm³/mol. The van der Waals surface area contributed by atoms with Gasteiger partial charge in [0.1, 0.15) is 0 Å². The van der Waals surface area contributed by atoms with Crippen LogP contribution in [0.1, 0.15) is 143 Å². The number of aryl methyl sites for hydroxylation is 3. The van der Waals surface area contributed by atoms with Gasteiger partial charge in [-0.1, -0.05) is 90.8 Å². The Bertz CT molecular complexity index is 1260. The fourth-order valence-electron chi connectivity index (χ4n) is 5.18. The molecule has 0 atom stereocenters. The van der Waals surface area contributed by atoms with Crippen LogP contribution in [0.5, 0.6) is 0 Å². The summed E-state index contributed by atoms with van der Waals surface area (Å²) in [6.07, 6.45) is 0. The van der Waals surface area contributed by atoms with Crippen molar-refractivity contribution in [2.45, 2.75) is 114 Å². The number of halogens is 3. The summed E-state index contributed by atoms with van der Waals surface area (Å²) in [7, 11) is 0. The van der Waals surface area contributed by atoms with Crippen LogP contribution in [0, 0.1) is 20.8 Å². The Hall–Kier alpha value is -1.68. The summed E-state index contributed by atoms with van der Waals surface area (Å²) in [6, 6.07) is 13.4. The molecule has 0 amide bonds. The molecule has 1 aromatic heterocycles. The SMILES string of the molecule is CC(=Nc1c(C(C)C)cc(C)cc1C(C)C)c1cc(C)cc(C(C)=Nc2c(C(C)C)cc(C)cc2C(C)C)n1.[Cl-].[Cl-].[Cl-].[Fe+3]. The van der Waals surface area contributed by atoms with Crippen LogP contribution in [-0.2, 0) is 17.1 Å². The van der Waals surface area contributed by atoms with Crippen LogP contribution in [0.4, 0.5) is 11.4 Å². The van der Waals surface area contributed by atoms with Gasteiger partial charge in [-0.05, 0) is 98.2 Å². The second-order valence-electron chi connectivity index (χ2n) is 12.5. The summed E-state index contributed by atoms with van der Waals surface area (Å²) in [6.45, 7) is 28.6. The Morgan fingerprint density at radius 3 is 0.953 bits per heavy atom. The maximum atomic E-state index is 5.24. The standard InChI is InChI=1S/C36H49N3.3ClH.Fe/c1-20(2)29-14-24(9)15-30(21(3)4)35(29)37-27(12)33-18-26(11)19-34(39-33)28(13)38-36-31(22(5)6)16-25(10)17-32(36)23(7)8;;;;/h14-23H,1-13H3;3*1H;/q;;;;+3/p-3. The van der Waals surface area contributed by atoms with E-state index in [0.29, 0.717) is 23.7 Å². The monoisotopic (exact) mass is 684 g/mol. The van der Waals surface area contributed by atoms with Gasteiger partial charge in [-0.2, -0.15) is 0 Å². The largest absolute Gasteiger partial charge is 3.00 e. The van der Waals surface area contributed by atoms with Crippen LogP contribution in [0.25, 0.3) is 0 Å². The second-order valence-corrected chi connectivity index (χ2v) is 12.5. The van der Waals surface area contributed by atoms with Crippen LogP contribution in [0.2, 0.25) is 0 Å². The van der Waals surface area contributed by atoms with Crippen LogP contribution in [-0.4, -0.2) is 16.4 Å². The van der Waals surface area contributed by atoms with Gasteiger partial charge in [0.25, 0.3) is 0 Å². The van der Waals surface area contributed by atoms with Gasteiger partial charge in [0.2, 0.25) is 0 Å². The molecule has 0 aliphatic rings. The van der Waals surface area contributed by atoms with Crippen LogP contribution in [0.15, 0.2) is 46.4 Å². The maximum Gasteiger partial charge on any atom is 3.00 e. The average Bonchev–Trinajstić information content (AvgIpc) is 2.84. The van der Waals surface area contributed by atoms with Gasteiger partial charge in [-0.25, -0.2) is 4.98 Å². The van der Waals surface area contributed by atoms with E-state index in [-0.39, 0.29) is 54.3 Å². The molecule has 0 unspecified atom stereocenters. The quantitative estimate of drug-likeness (QED) is 0.264. The summed E-state index contributed by atoms with van der Waals surface area (Å²) in [5.41, 5.74) is 14.8. The Labute approximate surface area is 291 Å². The number of nitrogens with zero attached hydrogens (tertiary/aromatic N) is 3. The second kappa shape index (κ2) is 18.3. The van der Waals surface area contributed by atoms with Crippen molar-refractivity contribution in [3.8, 4) is 0 Å². The molecule has 3 rings (SSSR count). The van der Waals surface area contributed by atoms with E-state index in [1.807, 2.05) is 0 Å². The molecule has 3 aromatic rings. The maximum absolute atomic E-state index is 5.24. The van der Waals surface area contributed by atoms with Crippen molar-refractivity contribution in [3.63, 3.8) is 0 Å². The first-order chi connectivity index (χ1) is 18.2. The number of hydrogen-bond donors (Lipinski definition) is 0. The molecule has 0 bridgehead atoms. The Kier molecular flexibility index (Phi) is 18.5. The molecule has 2 aromatic carbocycles. The Morgan fingerprint density at radius 1 is 0.488 bits per heavy atom. The summed E-state index contributed by atoms with van der Waals surface area (Å²) in [5.74, 6) is 1.57. The zero-order valence-electron chi connectivity index (χ0n) is 28.1. The van der Waals surface area contributed by atoms with Crippen molar-refractivity contribution in [1.29, 1.82) is 0 Å². The van der Waals surface area contributed by atoms with Gasteiger partial charge in [0.05, 0.1) is 34.2 Å². The minimum atomic E-state index is 0. The van der Waals surface area contributed by atoms with Gasteiger partial charge in [-0.3, -0.25) is 9.98 Å². The number of hydrogen-bond acceptors (Lipinski definition) is 3. The minimum Gasteiger partial charge on any atom is -1.00 e. The Morgan fingerprint density at radius 2 is 0.721 bits per heavy atom. The molecule has 0 saturated heterocycles. The van der Waals surface area contributed by atoms with E-state index in [0.717, 1.165) is 39.7 Å². The van der Waals surface area contributed by atoms with Crippen molar-refractivity contribution in [2.75, 3.05) is 0 Å². The fourth-order valence-corrected chi connectivity index (χ4v) is 5.18. The van der Waals surface area contributed by atoms with Gasteiger partial charge in [0, 0.05) is 0 Å². The predicted octanol–water partition coefficient (Wildman–Crippen LogP) is 1.79. The molecule has 237 valence electrons. The molecule has 3 nitrogen and oxygen atoms in total. The number of pyridine rings is 1. The first kappa shape index (κ1) is 43.4. The molecule has 43 heavy (non-hydrogen) atoms. The van der Waals surface area contributed by atoms with E-state index in [1.165, 1.54) is 33.4 Å². The zero-order chi connectivity index (χ0) is 29.2. The van der Waals surface area contributed by atoms with Gasteiger partial charge in [0.15, 0.2) is 0 Å².